The predicted octanol–water partition coefficient (Wildman–Crippen LogP) is 0.926. The molecule has 94 valence electrons. The van der Waals surface area contributed by atoms with Crippen LogP contribution in [0.2, 0.25) is 0 Å². The molecule has 0 aromatic carbocycles. The molecule has 0 amide bonds. The highest BCUT2D eigenvalue weighted by Crippen LogP contribution is 2.24. The number of piperidine rings is 1. The van der Waals surface area contributed by atoms with Gasteiger partial charge in [-0.2, -0.15) is 0 Å². The molecule has 1 aliphatic heterocycles. The van der Waals surface area contributed by atoms with Gasteiger partial charge in [0.2, 0.25) is 0 Å². The molecule has 0 spiro atoms. The van der Waals surface area contributed by atoms with Crippen LogP contribution in [0.5, 0.6) is 0 Å². The Balaban J connectivity index is 1.68. The summed E-state index contributed by atoms with van der Waals surface area (Å²) in [5, 5.41) is 11.7. The standard InChI is InChI=1S/C12H21N5/c1-16-12(9-14-15-16)17-7-3-2-4-11(17)8-13-10-5-6-10/h9-11,13H,2-8H2,1H3. The fourth-order valence-electron chi connectivity index (χ4n) is 2.65. The predicted molar refractivity (Wildman–Crippen MR) is 67.0 cm³/mol. The van der Waals surface area contributed by atoms with Gasteiger partial charge in [0.25, 0.3) is 0 Å². The zero-order valence-corrected chi connectivity index (χ0v) is 10.5. The second-order valence-corrected chi connectivity index (χ2v) is 5.24. The third kappa shape index (κ3) is 2.44. The van der Waals surface area contributed by atoms with E-state index in [2.05, 4.69) is 20.5 Å². The average Bonchev–Trinajstić information content (AvgIpc) is 3.09. The molecule has 1 atom stereocenters. The Kier molecular flexibility index (Phi) is 3.01. The van der Waals surface area contributed by atoms with E-state index in [1.807, 2.05) is 17.9 Å². The fraction of sp³-hybridized carbons (Fsp3) is 0.833. The largest absolute Gasteiger partial charge is 0.351 e. The van der Waals surface area contributed by atoms with E-state index in [9.17, 15) is 0 Å². The van der Waals surface area contributed by atoms with Gasteiger partial charge in [0.1, 0.15) is 5.82 Å². The lowest BCUT2D eigenvalue weighted by molar-refractivity contribution is 0.427. The van der Waals surface area contributed by atoms with E-state index in [-0.39, 0.29) is 0 Å². The maximum absolute atomic E-state index is 4.04. The molecule has 1 saturated carbocycles. The summed E-state index contributed by atoms with van der Waals surface area (Å²) in [7, 11) is 1.97. The van der Waals surface area contributed by atoms with E-state index in [0.717, 1.165) is 24.9 Å². The Bertz CT molecular complexity index is 371. The Labute approximate surface area is 102 Å². The van der Waals surface area contributed by atoms with Crippen LogP contribution in [0.3, 0.4) is 0 Å². The molecule has 2 fully saturated rings. The number of hydrogen-bond donors (Lipinski definition) is 1. The van der Waals surface area contributed by atoms with E-state index in [1.54, 1.807) is 0 Å². The Morgan fingerprint density at radius 2 is 2.24 bits per heavy atom. The van der Waals surface area contributed by atoms with E-state index in [1.165, 1.54) is 32.1 Å². The number of hydrogen-bond acceptors (Lipinski definition) is 4. The number of nitrogens with zero attached hydrogens (tertiary/aromatic N) is 4. The minimum absolute atomic E-state index is 0.613. The fourth-order valence-corrected chi connectivity index (χ4v) is 2.65. The van der Waals surface area contributed by atoms with Gasteiger partial charge in [0.15, 0.2) is 0 Å². The van der Waals surface area contributed by atoms with Gasteiger partial charge < -0.3 is 10.2 Å². The third-order valence-electron chi connectivity index (χ3n) is 3.83. The molecular formula is C12H21N5. The van der Waals surface area contributed by atoms with Gasteiger partial charge in [0, 0.05) is 32.2 Å². The Morgan fingerprint density at radius 3 is 2.94 bits per heavy atom. The highest BCUT2D eigenvalue weighted by molar-refractivity contribution is 5.38. The Morgan fingerprint density at radius 1 is 1.35 bits per heavy atom. The van der Waals surface area contributed by atoms with Crippen LogP contribution in [0.4, 0.5) is 5.82 Å². The first-order valence-corrected chi connectivity index (χ1v) is 6.69. The normalized spacial score (nSPS) is 25.2. The summed E-state index contributed by atoms with van der Waals surface area (Å²) >= 11 is 0. The summed E-state index contributed by atoms with van der Waals surface area (Å²) < 4.78 is 1.88. The van der Waals surface area contributed by atoms with Crippen molar-refractivity contribution in [2.45, 2.75) is 44.2 Å². The molecule has 2 heterocycles. The molecule has 5 heteroatoms. The van der Waals surface area contributed by atoms with Crippen LogP contribution >= 0.6 is 0 Å². The molecule has 1 saturated heterocycles. The summed E-state index contributed by atoms with van der Waals surface area (Å²) in [6, 6.07) is 1.41. The van der Waals surface area contributed by atoms with Crippen LogP contribution in [0.1, 0.15) is 32.1 Å². The third-order valence-corrected chi connectivity index (χ3v) is 3.83. The zero-order valence-electron chi connectivity index (χ0n) is 10.5. The van der Waals surface area contributed by atoms with Crippen LogP contribution in [-0.2, 0) is 7.05 Å². The van der Waals surface area contributed by atoms with Crippen molar-refractivity contribution in [2.24, 2.45) is 7.05 Å². The monoisotopic (exact) mass is 235 g/mol. The van der Waals surface area contributed by atoms with Crippen molar-refractivity contribution in [3.8, 4) is 0 Å². The number of anilines is 1. The van der Waals surface area contributed by atoms with Crippen LogP contribution in [0.15, 0.2) is 6.20 Å². The number of aryl methyl sites for hydroxylation is 1. The zero-order chi connectivity index (χ0) is 11.7. The summed E-state index contributed by atoms with van der Waals surface area (Å²) in [6.07, 6.45) is 8.52. The van der Waals surface area contributed by atoms with E-state index < -0.39 is 0 Å². The first-order chi connectivity index (χ1) is 8.34. The average molecular weight is 235 g/mol. The highest BCUT2D eigenvalue weighted by atomic mass is 15.5. The van der Waals surface area contributed by atoms with Gasteiger partial charge in [0.05, 0.1) is 6.20 Å². The molecule has 0 bridgehead atoms. The van der Waals surface area contributed by atoms with Crippen molar-refractivity contribution in [1.29, 1.82) is 0 Å². The summed E-state index contributed by atoms with van der Waals surface area (Å²) in [6.45, 7) is 2.24. The van der Waals surface area contributed by atoms with E-state index in [4.69, 9.17) is 0 Å². The maximum atomic E-state index is 4.04. The van der Waals surface area contributed by atoms with Crippen LogP contribution in [-0.4, -0.2) is 40.2 Å². The van der Waals surface area contributed by atoms with Crippen molar-refractivity contribution < 1.29 is 0 Å². The molecular weight excluding hydrogens is 214 g/mol. The van der Waals surface area contributed by atoms with Crippen LogP contribution in [0, 0.1) is 0 Å². The first kappa shape index (κ1) is 11.0. The van der Waals surface area contributed by atoms with Gasteiger partial charge in [-0.05, 0) is 32.1 Å². The van der Waals surface area contributed by atoms with Crippen molar-refractivity contribution in [3.63, 3.8) is 0 Å². The quantitative estimate of drug-likeness (QED) is 0.843. The minimum atomic E-state index is 0.613. The van der Waals surface area contributed by atoms with Crippen molar-refractivity contribution >= 4 is 5.82 Å². The van der Waals surface area contributed by atoms with Gasteiger partial charge in [-0.25, -0.2) is 4.68 Å². The van der Waals surface area contributed by atoms with Crippen molar-refractivity contribution in [1.82, 2.24) is 20.3 Å². The number of aromatic nitrogens is 3. The molecule has 1 aromatic heterocycles. The molecule has 5 nitrogen and oxygen atoms in total. The highest BCUT2D eigenvalue weighted by Gasteiger charge is 2.27. The lowest BCUT2D eigenvalue weighted by Crippen LogP contribution is -2.46. The van der Waals surface area contributed by atoms with Gasteiger partial charge >= 0.3 is 0 Å². The lowest BCUT2D eigenvalue weighted by atomic mass is 10.0. The SMILES string of the molecule is Cn1nncc1N1CCCCC1CNC1CC1. The molecule has 0 radical (unpaired) electrons. The molecule has 17 heavy (non-hydrogen) atoms. The second-order valence-electron chi connectivity index (χ2n) is 5.24. The lowest BCUT2D eigenvalue weighted by Gasteiger charge is -2.37. The molecule has 1 N–H and O–H groups in total. The van der Waals surface area contributed by atoms with Gasteiger partial charge in [-0.1, -0.05) is 5.21 Å². The molecule has 1 unspecified atom stereocenters. The molecule has 1 aliphatic carbocycles. The molecule has 2 aliphatic rings. The minimum Gasteiger partial charge on any atom is -0.351 e. The summed E-state index contributed by atoms with van der Waals surface area (Å²) in [4.78, 5) is 2.47. The summed E-state index contributed by atoms with van der Waals surface area (Å²) in [5.41, 5.74) is 0. The molecule has 3 rings (SSSR count). The second kappa shape index (κ2) is 4.64. The van der Waals surface area contributed by atoms with Crippen molar-refractivity contribution in [2.75, 3.05) is 18.0 Å². The van der Waals surface area contributed by atoms with Crippen molar-refractivity contribution in [3.05, 3.63) is 6.20 Å². The van der Waals surface area contributed by atoms with Crippen LogP contribution < -0.4 is 10.2 Å². The Hall–Kier alpha value is -1.10. The van der Waals surface area contributed by atoms with Gasteiger partial charge in [-0.15, -0.1) is 5.10 Å². The maximum Gasteiger partial charge on any atom is 0.147 e. The topological polar surface area (TPSA) is 46.0 Å². The smallest absolute Gasteiger partial charge is 0.147 e. The van der Waals surface area contributed by atoms with E-state index in [0.29, 0.717) is 6.04 Å². The molecule has 1 aromatic rings. The number of rotatable bonds is 4. The van der Waals surface area contributed by atoms with Crippen LogP contribution in [0.25, 0.3) is 0 Å². The summed E-state index contributed by atoms with van der Waals surface area (Å²) in [5.74, 6) is 1.16. The van der Waals surface area contributed by atoms with Gasteiger partial charge in [-0.3, -0.25) is 0 Å². The first-order valence-electron chi connectivity index (χ1n) is 6.69. The van der Waals surface area contributed by atoms with E-state index >= 15 is 0 Å². The number of nitrogens with one attached hydrogen (secondary N) is 1.